The fraction of sp³-hybridized carbons (Fsp3) is 0.667. The Kier molecular flexibility index (Phi) is 7.05. The molecular formula is C18H28BrNO. The van der Waals surface area contributed by atoms with Crippen molar-refractivity contribution in [3.05, 3.63) is 28.2 Å². The van der Waals surface area contributed by atoms with Crippen molar-refractivity contribution in [2.45, 2.75) is 57.4 Å². The average Bonchev–Trinajstić information content (AvgIpc) is 2.45. The molecule has 0 saturated heterocycles. The maximum Gasteiger partial charge on any atom is 0.133 e. The Morgan fingerprint density at radius 3 is 2.43 bits per heavy atom. The molecule has 1 N–H and O–H groups in total. The van der Waals surface area contributed by atoms with Crippen molar-refractivity contribution in [3.8, 4) is 5.75 Å². The molecule has 1 unspecified atom stereocenters. The molecule has 1 saturated carbocycles. The fourth-order valence-electron chi connectivity index (χ4n) is 3.49. The van der Waals surface area contributed by atoms with E-state index in [9.17, 15) is 0 Å². The molecular weight excluding hydrogens is 326 g/mol. The molecule has 118 valence electrons. The van der Waals surface area contributed by atoms with Crippen LogP contribution >= 0.6 is 15.9 Å². The van der Waals surface area contributed by atoms with Gasteiger partial charge in [-0.2, -0.15) is 0 Å². The smallest absolute Gasteiger partial charge is 0.133 e. The minimum atomic E-state index is 0.586. The summed E-state index contributed by atoms with van der Waals surface area (Å²) in [7, 11) is 3.83. The van der Waals surface area contributed by atoms with Gasteiger partial charge in [-0.25, -0.2) is 0 Å². The molecule has 1 aromatic rings. The second-order valence-corrected chi connectivity index (χ2v) is 7.03. The molecule has 0 bridgehead atoms. The number of methoxy groups -OCH3 is 1. The first-order valence-electron chi connectivity index (χ1n) is 8.24. The van der Waals surface area contributed by atoms with Crippen molar-refractivity contribution in [3.63, 3.8) is 0 Å². The normalized spacial score (nSPS) is 18.8. The summed E-state index contributed by atoms with van der Waals surface area (Å²) in [4.78, 5) is 0. The zero-order valence-electron chi connectivity index (χ0n) is 13.3. The van der Waals surface area contributed by atoms with Crippen LogP contribution in [-0.4, -0.2) is 20.2 Å². The van der Waals surface area contributed by atoms with Gasteiger partial charge < -0.3 is 10.1 Å². The number of rotatable bonds is 5. The second kappa shape index (κ2) is 8.79. The zero-order valence-corrected chi connectivity index (χ0v) is 14.9. The van der Waals surface area contributed by atoms with Gasteiger partial charge in [0.15, 0.2) is 0 Å². The number of hydrogen-bond acceptors (Lipinski definition) is 2. The summed E-state index contributed by atoms with van der Waals surface area (Å²) in [6.07, 6.45) is 10.9. The molecule has 0 amide bonds. The van der Waals surface area contributed by atoms with Gasteiger partial charge in [-0.05, 0) is 65.9 Å². The third kappa shape index (κ3) is 5.00. The first-order valence-corrected chi connectivity index (χ1v) is 9.03. The van der Waals surface area contributed by atoms with E-state index in [2.05, 4.69) is 46.5 Å². The van der Waals surface area contributed by atoms with Crippen molar-refractivity contribution in [2.24, 2.45) is 5.92 Å². The molecule has 1 fully saturated rings. The van der Waals surface area contributed by atoms with Crippen molar-refractivity contribution in [2.75, 3.05) is 14.2 Å². The molecule has 0 radical (unpaired) electrons. The Morgan fingerprint density at radius 2 is 1.86 bits per heavy atom. The van der Waals surface area contributed by atoms with E-state index in [4.69, 9.17) is 4.74 Å². The fourth-order valence-corrected chi connectivity index (χ4v) is 4.07. The SMILES string of the molecule is CNC(Cc1ccc(OC)c(Br)c1)C1CCCCCCC1. The van der Waals surface area contributed by atoms with Crippen molar-refractivity contribution in [1.82, 2.24) is 5.32 Å². The van der Waals surface area contributed by atoms with E-state index in [1.165, 1.54) is 50.5 Å². The number of nitrogens with one attached hydrogen (secondary N) is 1. The lowest BCUT2D eigenvalue weighted by Crippen LogP contribution is -2.36. The topological polar surface area (TPSA) is 21.3 Å². The summed E-state index contributed by atoms with van der Waals surface area (Å²) in [6.45, 7) is 0. The maximum atomic E-state index is 5.32. The van der Waals surface area contributed by atoms with Crippen LogP contribution in [0.25, 0.3) is 0 Å². The molecule has 1 atom stereocenters. The molecule has 1 aromatic carbocycles. The number of hydrogen-bond donors (Lipinski definition) is 1. The number of likely N-dealkylation sites (N-methyl/N-ethyl adjacent to an activating group) is 1. The molecule has 3 heteroatoms. The summed E-state index contributed by atoms with van der Waals surface area (Å²) >= 11 is 3.59. The van der Waals surface area contributed by atoms with Gasteiger partial charge in [0, 0.05) is 6.04 Å². The van der Waals surface area contributed by atoms with Crippen LogP contribution in [-0.2, 0) is 6.42 Å². The van der Waals surface area contributed by atoms with E-state index in [0.29, 0.717) is 6.04 Å². The Morgan fingerprint density at radius 1 is 1.19 bits per heavy atom. The van der Waals surface area contributed by atoms with E-state index < -0.39 is 0 Å². The first-order chi connectivity index (χ1) is 10.2. The minimum absolute atomic E-state index is 0.586. The highest BCUT2D eigenvalue weighted by molar-refractivity contribution is 9.10. The van der Waals surface area contributed by atoms with Crippen molar-refractivity contribution < 1.29 is 4.74 Å². The Hall–Kier alpha value is -0.540. The third-order valence-corrected chi connectivity index (χ3v) is 5.38. The minimum Gasteiger partial charge on any atom is -0.496 e. The molecule has 1 aliphatic rings. The Balaban J connectivity index is 2.01. The second-order valence-electron chi connectivity index (χ2n) is 6.17. The predicted octanol–water partition coefficient (Wildman–Crippen LogP) is 4.95. The average molecular weight is 354 g/mol. The monoisotopic (exact) mass is 353 g/mol. The van der Waals surface area contributed by atoms with Gasteiger partial charge in [-0.3, -0.25) is 0 Å². The molecule has 1 aliphatic carbocycles. The summed E-state index contributed by atoms with van der Waals surface area (Å²) < 4.78 is 6.37. The van der Waals surface area contributed by atoms with Crippen LogP contribution in [0, 0.1) is 5.92 Å². The van der Waals surface area contributed by atoms with Crippen LogP contribution in [0.5, 0.6) is 5.75 Å². The quantitative estimate of drug-likeness (QED) is 0.808. The van der Waals surface area contributed by atoms with Crippen LogP contribution in [0.4, 0.5) is 0 Å². The highest BCUT2D eigenvalue weighted by Crippen LogP contribution is 2.29. The molecule has 2 nitrogen and oxygen atoms in total. The number of benzene rings is 1. The van der Waals surface area contributed by atoms with Crippen LogP contribution < -0.4 is 10.1 Å². The molecule has 21 heavy (non-hydrogen) atoms. The third-order valence-electron chi connectivity index (χ3n) is 4.76. The van der Waals surface area contributed by atoms with Crippen LogP contribution in [0.1, 0.15) is 50.5 Å². The van der Waals surface area contributed by atoms with Crippen LogP contribution in [0.3, 0.4) is 0 Å². The van der Waals surface area contributed by atoms with Crippen LogP contribution in [0.15, 0.2) is 22.7 Å². The lowest BCUT2D eigenvalue weighted by atomic mass is 9.83. The molecule has 0 spiro atoms. The summed E-state index contributed by atoms with van der Waals surface area (Å²) in [6, 6.07) is 7.04. The van der Waals surface area contributed by atoms with E-state index in [-0.39, 0.29) is 0 Å². The summed E-state index contributed by atoms with van der Waals surface area (Å²) in [5.74, 6) is 1.72. The summed E-state index contributed by atoms with van der Waals surface area (Å²) in [5, 5.41) is 3.57. The molecule has 0 aliphatic heterocycles. The standard InChI is InChI=1S/C18H28BrNO/c1-20-17(15-8-6-4-3-5-7-9-15)13-14-10-11-18(21-2)16(19)12-14/h10-12,15,17,20H,3-9,13H2,1-2H3. The lowest BCUT2D eigenvalue weighted by molar-refractivity contribution is 0.293. The number of halogens is 1. The largest absolute Gasteiger partial charge is 0.496 e. The van der Waals surface area contributed by atoms with E-state index in [1.807, 2.05) is 0 Å². The van der Waals surface area contributed by atoms with Gasteiger partial charge in [0.1, 0.15) is 5.75 Å². The molecule has 0 heterocycles. The van der Waals surface area contributed by atoms with Gasteiger partial charge in [0.05, 0.1) is 11.6 Å². The van der Waals surface area contributed by atoms with Crippen molar-refractivity contribution >= 4 is 15.9 Å². The van der Waals surface area contributed by atoms with Crippen molar-refractivity contribution in [1.29, 1.82) is 0 Å². The number of ether oxygens (including phenoxy) is 1. The van der Waals surface area contributed by atoms with Gasteiger partial charge in [-0.15, -0.1) is 0 Å². The van der Waals surface area contributed by atoms with Gasteiger partial charge in [0.25, 0.3) is 0 Å². The van der Waals surface area contributed by atoms with Gasteiger partial charge in [0.2, 0.25) is 0 Å². The Bertz CT molecular complexity index is 427. The van der Waals surface area contributed by atoms with E-state index >= 15 is 0 Å². The lowest BCUT2D eigenvalue weighted by Gasteiger charge is -2.29. The molecule has 2 rings (SSSR count). The maximum absolute atomic E-state index is 5.32. The summed E-state index contributed by atoms with van der Waals surface area (Å²) in [5.41, 5.74) is 1.38. The predicted molar refractivity (Wildman–Crippen MR) is 93.1 cm³/mol. The van der Waals surface area contributed by atoms with Gasteiger partial charge >= 0.3 is 0 Å². The highest BCUT2D eigenvalue weighted by atomic mass is 79.9. The first kappa shape index (κ1) is 16.8. The molecule has 0 aromatic heterocycles. The zero-order chi connectivity index (χ0) is 15.1. The highest BCUT2D eigenvalue weighted by Gasteiger charge is 2.21. The Labute approximate surface area is 137 Å². The van der Waals surface area contributed by atoms with E-state index in [1.54, 1.807) is 7.11 Å². The van der Waals surface area contributed by atoms with Crippen LogP contribution in [0.2, 0.25) is 0 Å². The van der Waals surface area contributed by atoms with Gasteiger partial charge in [-0.1, -0.05) is 38.2 Å². The van der Waals surface area contributed by atoms with E-state index in [0.717, 1.165) is 22.6 Å².